The van der Waals surface area contributed by atoms with Gasteiger partial charge in [0.25, 0.3) is 5.56 Å². The van der Waals surface area contributed by atoms with E-state index in [1.165, 1.54) is 21.9 Å². The number of aromatic nitrogens is 3. The molecule has 3 heterocycles. The Labute approximate surface area is 169 Å². The number of hydrogen-bond acceptors (Lipinski definition) is 6. The van der Waals surface area contributed by atoms with Crippen molar-refractivity contribution >= 4 is 16.3 Å². The lowest BCUT2D eigenvalue weighted by molar-refractivity contribution is -0.137. The van der Waals surface area contributed by atoms with E-state index in [1.807, 2.05) is 0 Å². The summed E-state index contributed by atoms with van der Waals surface area (Å²) in [6, 6.07) is 6.83. The monoisotopic (exact) mass is 423 g/mol. The van der Waals surface area contributed by atoms with E-state index in [9.17, 15) is 18.0 Å². The van der Waals surface area contributed by atoms with E-state index in [1.54, 1.807) is 19.1 Å². The van der Waals surface area contributed by atoms with Gasteiger partial charge in [-0.2, -0.15) is 22.8 Å². The highest BCUT2D eigenvalue weighted by Crippen LogP contribution is 2.29. The third kappa shape index (κ3) is 4.65. The predicted molar refractivity (Wildman–Crippen MR) is 104 cm³/mol. The second kappa shape index (κ2) is 7.85. The van der Waals surface area contributed by atoms with Crippen LogP contribution in [0.2, 0.25) is 0 Å². The van der Waals surface area contributed by atoms with Gasteiger partial charge in [-0.05, 0) is 24.6 Å². The second-order valence-electron chi connectivity index (χ2n) is 7.17. The van der Waals surface area contributed by atoms with Crippen molar-refractivity contribution in [3.8, 4) is 0 Å². The molecule has 0 aliphatic carbocycles. The summed E-state index contributed by atoms with van der Waals surface area (Å²) >= 11 is 1.42. The standard InChI is InChI=1S/C19H20F3N5OS/c1-13-10-17(28)27-18(23-13)29-16(24-27)12-26-8-6-25(7-9-26)11-14-2-4-15(5-3-14)19(20,21)22/h2-5,10H,6-9,11-12H2,1H3. The van der Waals surface area contributed by atoms with Gasteiger partial charge in [-0.25, -0.2) is 4.98 Å². The molecule has 0 saturated carbocycles. The van der Waals surface area contributed by atoms with Crippen molar-refractivity contribution in [2.24, 2.45) is 0 Å². The summed E-state index contributed by atoms with van der Waals surface area (Å²) in [6.07, 6.45) is -4.30. The fourth-order valence-corrected chi connectivity index (χ4v) is 4.37. The summed E-state index contributed by atoms with van der Waals surface area (Å²) in [5, 5.41) is 5.22. The smallest absolute Gasteiger partial charge is 0.297 e. The van der Waals surface area contributed by atoms with Crippen molar-refractivity contribution in [2.75, 3.05) is 26.2 Å². The zero-order chi connectivity index (χ0) is 20.6. The normalized spacial score (nSPS) is 16.6. The second-order valence-corrected chi connectivity index (χ2v) is 8.21. The Hall–Kier alpha value is -2.30. The summed E-state index contributed by atoms with van der Waals surface area (Å²) in [7, 11) is 0. The maximum atomic E-state index is 12.7. The number of alkyl halides is 3. The van der Waals surface area contributed by atoms with Crippen molar-refractivity contribution in [2.45, 2.75) is 26.2 Å². The summed E-state index contributed by atoms with van der Waals surface area (Å²) in [4.78, 5) is 21.4. The van der Waals surface area contributed by atoms with E-state index in [2.05, 4.69) is 19.9 Å². The molecular weight excluding hydrogens is 403 g/mol. The van der Waals surface area contributed by atoms with E-state index in [0.29, 0.717) is 23.7 Å². The summed E-state index contributed by atoms with van der Waals surface area (Å²) in [5.74, 6) is 0. The van der Waals surface area contributed by atoms with Crippen LogP contribution < -0.4 is 5.56 Å². The molecule has 0 spiro atoms. The number of aryl methyl sites for hydroxylation is 1. The first-order valence-corrected chi connectivity index (χ1v) is 10.1. The minimum absolute atomic E-state index is 0.170. The first-order valence-electron chi connectivity index (χ1n) is 9.25. The third-order valence-electron chi connectivity index (χ3n) is 4.93. The van der Waals surface area contributed by atoms with Gasteiger partial charge in [0.05, 0.1) is 12.1 Å². The zero-order valence-electron chi connectivity index (χ0n) is 15.8. The largest absolute Gasteiger partial charge is 0.416 e. The molecule has 154 valence electrons. The minimum Gasteiger partial charge on any atom is -0.297 e. The molecular formula is C19H20F3N5OS. The fourth-order valence-electron chi connectivity index (χ4n) is 3.38. The van der Waals surface area contributed by atoms with E-state index in [-0.39, 0.29) is 5.56 Å². The topological polar surface area (TPSA) is 53.7 Å². The molecule has 4 rings (SSSR count). The van der Waals surface area contributed by atoms with Crippen LogP contribution in [-0.2, 0) is 19.3 Å². The van der Waals surface area contributed by atoms with Gasteiger partial charge in [-0.3, -0.25) is 14.6 Å². The molecule has 0 radical (unpaired) electrons. The van der Waals surface area contributed by atoms with Crippen LogP contribution in [0.25, 0.3) is 4.96 Å². The molecule has 3 aromatic rings. The van der Waals surface area contributed by atoms with Crippen molar-refractivity contribution in [1.29, 1.82) is 0 Å². The highest BCUT2D eigenvalue weighted by atomic mass is 32.1. The van der Waals surface area contributed by atoms with E-state index in [4.69, 9.17) is 0 Å². The van der Waals surface area contributed by atoms with Gasteiger partial charge < -0.3 is 0 Å². The molecule has 10 heteroatoms. The predicted octanol–water partition coefficient (Wildman–Crippen LogP) is 2.80. The Kier molecular flexibility index (Phi) is 5.41. The Morgan fingerprint density at radius 3 is 2.28 bits per heavy atom. The number of fused-ring (bicyclic) bond motifs is 1. The molecule has 0 unspecified atom stereocenters. The number of benzene rings is 1. The minimum atomic E-state index is -4.30. The van der Waals surface area contributed by atoms with E-state index >= 15 is 0 Å². The molecule has 1 aliphatic rings. The first-order chi connectivity index (χ1) is 13.8. The molecule has 6 nitrogen and oxygen atoms in total. The van der Waals surface area contributed by atoms with E-state index < -0.39 is 11.7 Å². The van der Waals surface area contributed by atoms with Crippen molar-refractivity contribution < 1.29 is 13.2 Å². The van der Waals surface area contributed by atoms with Gasteiger partial charge in [-0.1, -0.05) is 23.5 Å². The lowest BCUT2D eigenvalue weighted by Gasteiger charge is -2.34. The molecule has 1 aromatic carbocycles. The van der Waals surface area contributed by atoms with Gasteiger partial charge in [-0.15, -0.1) is 0 Å². The SMILES string of the molecule is Cc1cc(=O)n2nc(CN3CCN(Cc4ccc(C(F)(F)F)cc4)CC3)sc2n1. The molecule has 0 N–H and O–H groups in total. The summed E-state index contributed by atoms with van der Waals surface area (Å²) in [5.41, 5.74) is 0.766. The van der Waals surface area contributed by atoms with Gasteiger partial charge in [0.2, 0.25) is 4.96 Å². The molecule has 0 atom stereocenters. The Balaban J connectivity index is 1.33. The Bertz CT molecular complexity index is 1050. The van der Waals surface area contributed by atoms with Gasteiger partial charge in [0, 0.05) is 44.5 Å². The average Bonchev–Trinajstić information content (AvgIpc) is 3.06. The Morgan fingerprint density at radius 2 is 1.66 bits per heavy atom. The van der Waals surface area contributed by atoms with Crippen LogP contribution in [0.4, 0.5) is 13.2 Å². The Morgan fingerprint density at radius 1 is 1.03 bits per heavy atom. The molecule has 0 amide bonds. The maximum absolute atomic E-state index is 12.7. The third-order valence-corrected chi connectivity index (χ3v) is 5.82. The van der Waals surface area contributed by atoms with Crippen LogP contribution in [0.5, 0.6) is 0 Å². The fraction of sp³-hybridized carbons (Fsp3) is 0.421. The van der Waals surface area contributed by atoms with Crippen molar-refractivity contribution in [3.63, 3.8) is 0 Å². The summed E-state index contributed by atoms with van der Waals surface area (Å²) in [6.45, 7) is 6.38. The van der Waals surface area contributed by atoms with Crippen LogP contribution in [0.15, 0.2) is 35.1 Å². The number of rotatable bonds is 4. The highest BCUT2D eigenvalue weighted by molar-refractivity contribution is 7.16. The van der Waals surface area contributed by atoms with Crippen LogP contribution in [0.3, 0.4) is 0 Å². The number of piperazine rings is 1. The van der Waals surface area contributed by atoms with Gasteiger partial charge in [0.1, 0.15) is 5.01 Å². The highest BCUT2D eigenvalue weighted by Gasteiger charge is 2.30. The average molecular weight is 423 g/mol. The van der Waals surface area contributed by atoms with Gasteiger partial charge >= 0.3 is 6.18 Å². The molecule has 1 saturated heterocycles. The molecule has 29 heavy (non-hydrogen) atoms. The number of hydrogen-bond donors (Lipinski definition) is 0. The van der Waals surface area contributed by atoms with E-state index in [0.717, 1.165) is 48.9 Å². The van der Waals surface area contributed by atoms with Crippen LogP contribution >= 0.6 is 11.3 Å². The molecule has 1 fully saturated rings. The maximum Gasteiger partial charge on any atom is 0.416 e. The van der Waals surface area contributed by atoms with Crippen LogP contribution in [0.1, 0.15) is 21.8 Å². The lowest BCUT2D eigenvalue weighted by Crippen LogP contribution is -2.45. The molecule has 1 aliphatic heterocycles. The van der Waals surface area contributed by atoms with Crippen LogP contribution in [-0.4, -0.2) is 50.6 Å². The van der Waals surface area contributed by atoms with Crippen molar-refractivity contribution in [1.82, 2.24) is 24.4 Å². The van der Waals surface area contributed by atoms with Crippen molar-refractivity contribution in [3.05, 3.63) is 62.5 Å². The quantitative estimate of drug-likeness (QED) is 0.646. The molecule has 0 bridgehead atoms. The summed E-state index contributed by atoms with van der Waals surface area (Å²) < 4.78 is 39.3. The lowest BCUT2D eigenvalue weighted by atomic mass is 10.1. The zero-order valence-corrected chi connectivity index (χ0v) is 16.6. The number of halogens is 3. The van der Waals surface area contributed by atoms with Crippen LogP contribution in [0, 0.1) is 6.92 Å². The van der Waals surface area contributed by atoms with Gasteiger partial charge in [0.15, 0.2) is 0 Å². The number of nitrogens with zero attached hydrogens (tertiary/aromatic N) is 5. The first kappa shape index (κ1) is 20.0. The molecule has 2 aromatic heterocycles.